The lowest BCUT2D eigenvalue weighted by Crippen LogP contribution is -2.45. The first kappa shape index (κ1) is 19.1. The van der Waals surface area contributed by atoms with Crippen molar-refractivity contribution in [2.45, 2.75) is 44.6 Å². The summed E-state index contributed by atoms with van der Waals surface area (Å²) in [5, 5.41) is 2.83. The summed E-state index contributed by atoms with van der Waals surface area (Å²) in [5.41, 5.74) is 8.48. The minimum Gasteiger partial charge on any atom is -0.368 e. The lowest BCUT2D eigenvalue weighted by molar-refractivity contribution is -0.120. The minimum absolute atomic E-state index is 0.299. The number of amides is 2. The molecule has 0 saturated heterocycles. The maximum atomic E-state index is 12.8. The van der Waals surface area contributed by atoms with Gasteiger partial charge in [-0.1, -0.05) is 32.1 Å². The smallest absolute Gasteiger partial charge is 0.252 e. The summed E-state index contributed by atoms with van der Waals surface area (Å²) in [7, 11) is 0. The lowest BCUT2D eigenvalue weighted by atomic mass is 9.84. The normalized spacial score (nSPS) is 15.9. The zero-order chi connectivity index (χ0) is 20.2. The van der Waals surface area contributed by atoms with E-state index in [9.17, 15) is 9.59 Å². The van der Waals surface area contributed by atoms with Crippen molar-refractivity contribution >= 4 is 22.8 Å². The van der Waals surface area contributed by atoms with Gasteiger partial charge in [-0.15, -0.1) is 0 Å². The standard InChI is InChI=1S/C22H25N5O2/c23-20(28)19(12-14-4-2-1-3-5-14)27-22(29)16-6-7-17-18(13-16)26-21(25-17)15-8-10-24-11-9-15/h6-11,13-14,19H,1-5,12H2,(H2,23,28)(H,25,26)(H,27,29)/t19-/m1/s1. The number of fused-ring (bicyclic) bond motifs is 1. The number of carbonyl (C=O) groups is 2. The van der Waals surface area contributed by atoms with Gasteiger partial charge in [-0.3, -0.25) is 14.6 Å². The van der Waals surface area contributed by atoms with E-state index in [1.807, 2.05) is 12.1 Å². The first-order valence-electron chi connectivity index (χ1n) is 10.1. The number of rotatable bonds is 6. The third kappa shape index (κ3) is 4.45. The van der Waals surface area contributed by atoms with Crippen LogP contribution in [0.1, 0.15) is 48.9 Å². The van der Waals surface area contributed by atoms with Gasteiger partial charge in [0.25, 0.3) is 5.91 Å². The topological polar surface area (TPSA) is 114 Å². The molecular formula is C22H25N5O2. The number of carbonyl (C=O) groups excluding carboxylic acids is 2. The fourth-order valence-corrected chi connectivity index (χ4v) is 4.04. The van der Waals surface area contributed by atoms with E-state index < -0.39 is 11.9 Å². The van der Waals surface area contributed by atoms with Gasteiger partial charge in [0, 0.05) is 23.5 Å². The van der Waals surface area contributed by atoms with E-state index in [0.29, 0.717) is 23.7 Å². The number of H-pyrrole nitrogens is 1. The summed E-state index contributed by atoms with van der Waals surface area (Å²) in [6, 6.07) is 8.36. The van der Waals surface area contributed by atoms with Gasteiger partial charge >= 0.3 is 0 Å². The molecule has 1 aromatic carbocycles. The maximum Gasteiger partial charge on any atom is 0.252 e. The number of hydrogen-bond donors (Lipinski definition) is 3. The van der Waals surface area contributed by atoms with Crippen LogP contribution in [0.4, 0.5) is 0 Å². The molecule has 0 aliphatic heterocycles. The van der Waals surface area contributed by atoms with Crippen molar-refractivity contribution in [1.82, 2.24) is 20.3 Å². The van der Waals surface area contributed by atoms with Crippen LogP contribution >= 0.6 is 0 Å². The second-order valence-corrected chi connectivity index (χ2v) is 7.72. The second-order valence-electron chi connectivity index (χ2n) is 7.72. The minimum atomic E-state index is -0.643. The maximum absolute atomic E-state index is 12.8. The van der Waals surface area contributed by atoms with E-state index >= 15 is 0 Å². The summed E-state index contributed by atoms with van der Waals surface area (Å²) in [4.78, 5) is 36.5. The molecule has 0 spiro atoms. The molecule has 150 valence electrons. The Labute approximate surface area is 169 Å². The van der Waals surface area contributed by atoms with Crippen molar-refractivity contribution in [1.29, 1.82) is 0 Å². The molecule has 7 nitrogen and oxygen atoms in total. The molecule has 2 aromatic heterocycles. The first-order chi connectivity index (χ1) is 14.1. The van der Waals surface area contributed by atoms with Crippen LogP contribution in [0.25, 0.3) is 22.4 Å². The van der Waals surface area contributed by atoms with E-state index in [2.05, 4.69) is 20.3 Å². The van der Waals surface area contributed by atoms with Gasteiger partial charge in [0.1, 0.15) is 11.9 Å². The van der Waals surface area contributed by atoms with Gasteiger partial charge < -0.3 is 16.0 Å². The number of hydrogen-bond acceptors (Lipinski definition) is 4. The van der Waals surface area contributed by atoms with Gasteiger partial charge in [0.05, 0.1) is 11.0 Å². The quantitative estimate of drug-likeness (QED) is 0.599. The Balaban J connectivity index is 1.50. The number of aromatic nitrogens is 3. The van der Waals surface area contributed by atoms with E-state index in [0.717, 1.165) is 29.4 Å². The van der Waals surface area contributed by atoms with Crippen LogP contribution in [0, 0.1) is 5.92 Å². The number of nitrogens with two attached hydrogens (primary N) is 1. The van der Waals surface area contributed by atoms with Gasteiger partial charge in [0.2, 0.25) is 5.91 Å². The SMILES string of the molecule is NC(=O)[C@@H](CC1CCCCC1)NC(=O)c1ccc2nc(-c3ccncc3)[nH]c2c1. The molecule has 0 unspecified atom stereocenters. The number of aromatic amines is 1. The molecule has 2 amide bonds. The fraction of sp³-hybridized carbons (Fsp3) is 0.364. The highest BCUT2D eigenvalue weighted by Gasteiger charge is 2.24. The summed E-state index contributed by atoms with van der Waals surface area (Å²) in [5.74, 6) is 0.380. The molecule has 1 aliphatic carbocycles. The Morgan fingerprint density at radius 3 is 2.62 bits per heavy atom. The zero-order valence-electron chi connectivity index (χ0n) is 16.2. The van der Waals surface area contributed by atoms with Gasteiger partial charge in [-0.05, 0) is 42.7 Å². The third-order valence-electron chi connectivity index (χ3n) is 5.64. The van der Waals surface area contributed by atoms with Crippen molar-refractivity contribution in [3.05, 3.63) is 48.3 Å². The number of benzene rings is 1. The predicted octanol–water partition coefficient (Wildman–Crippen LogP) is 3.18. The van der Waals surface area contributed by atoms with Crippen LogP contribution in [0.3, 0.4) is 0 Å². The molecular weight excluding hydrogens is 366 g/mol. The van der Waals surface area contributed by atoms with Crippen LogP contribution in [0.15, 0.2) is 42.7 Å². The number of nitrogens with one attached hydrogen (secondary N) is 2. The Morgan fingerprint density at radius 1 is 1.14 bits per heavy atom. The van der Waals surface area contributed by atoms with Crippen LogP contribution in [0.2, 0.25) is 0 Å². The van der Waals surface area contributed by atoms with Crippen LogP contribution in [-0.2, 0) is 4.79 Å². The first-order valence-corrected chi connectivity index (χ1v) is 10.1. The van der Waals surface area contributed by atoms with Crippen molar-refractivity contribution in [2.75, 3.05) is 0 Å². The Bertz CT molecular complexity index is 1010. The molecule has 3 aromatic rings. The average Bonchev–Trinajstić information content (AvgIpc) is 3.18. The van der Waals surface area contributed by atoms with E-state index in [4.69, 9.17) is 5.73 Å². The van der Waals surface area contributed by atoms with E-state index in [1.54, 1.807) is 30.6 Å². The predicted molar refractivity (Wildman–Crippen MR) is 111 cm³/mol. The summed E-state index contributed by atoms with van der Waals surface area (Å²) >= 11 is 0. The second kappa shape index (κ2) is 8.43. The molecule has 1 aliphatic rings. The van der Waals surface area contributed by atoms with Crippen molar-refractivity contribution in [3.8, 4) is 11.4 Å². The molecule has 29 heavy (non-hydrogen) atoms. The average molecular weight is 391 g/mol. The van der Waals surface area contributed by atoms with Crippen molar-refractivity contribution < 1.29 is 9.59 Å². The number of imidazole rings is 1. The monoisotopic (exact) mass is 391 g/mol. The molecule has 2 heterocycles. The molecule has 0 bridgehead atoms. The number of pyridine rings is 1. The highest BCUT2D eigenvalue weighted by molar-refractivity contribution is 5.99. The van der Waals surface area contributed by atoms with Crippen LogP contribution in [0.5, 0.6) is 0 Å². The van der Waals surface area contributed by atoms with Gasteiger partial charge in [-0.2, -0.15) is 0 Å². The van der Waals surface area contributed by atoms with Gasteiger partial charge in [0.15, 0.2) is 0 Å². The molecule has 7 heteroatoms. The Kier molecular flexibility index (Phi) is 5.55. The zero-order valence-corrected chi connectivity index (χ0v) is 16.2. The molecule has 1 fully saturated rings. The summed E-state index contributed by atoms with van der Waals surface area (Å²) in [6.45, 7) is 0. The summed E-state index contributed by atoms with van der Waals surface area (Å²) < 4.78 is 0. The highest BCUT2D eigenvalue weighted by Crippen LogP contribution is 2.27. The largest absolute Gasteiger partial charge is 0.368 e. The summed E-state index contributed by atoms with van der Waals surface area (Å²) in [6.07, 6.45) is 9.82. The third-order valence-corrected chi connectivity index (χ3v) is 5.64. The molecule has 0 radical (unpaired) electrons. The molecule has 1 saturated carbocycles. The Hall–Kier alpha value is -3.22. The lowest BCUT2D eigenvalue weighted by Gasteiger charge is -2.25. The van der Waals surface area contributed by atoms with Crippen molar-refractivity contribution in [2.24, 2.45) is 11.7 Å². The Morgan fingerprint density at radius 2 is 1.90 bits per heavy atom. The van der Waals surface area contributed by atoms with Crippen LogP contribution < -0.4 is 11.1 Å². The van der Waals surface area contributed by atoms with Gasteiger partial charge in [-0.25, -0.2) is 4.98 Å². The number of nitrogens with zero attached hydrogens (tertiary/aromatic N) is 2. The molecule has 4 rings (SSSR count). The van der Waals surface area contributed by atoms with E-state index in [1.165, 1.54) is 19.3 Å². The fourth-order valence-electron chi connectivity index (χ4n) is 4.04. The van der Waals surface area contributed by atoms with Crippen LogP contribution in [-0.4, -0.2) is 32.8 Å². The van der Waals surface area contributed by atoms with E-state index in [-0.39, 0.29) is 5.91 Å². The van der Waals surface area contributed by atoms with Crippen molar-refractivity contribution in [3.63, 3.8) is 0 Å². The highest BCUT2D eigenvalue weighted by atomic mass is 16.2. The molecule has 4 N–H and O–H groups in total. The molecule has 1 atom stereocenters. The number of primary amides is 1.